The Morgan fingerprint density at radius 1 is 0.872 bits per heavy atom. The number of hydrogen-bond acceptors (Lipinski definition) is 8. The Morgan fingerprint density at radius 2 is 1.44 bits per heavy atom. The molecule has 0 aliphatic carbocycles. The van der Waals surface area contributed by atoms with E-state index in [2.05, 4.69) is 28.1 Å². The molecule has 0 radical (unpaired) electrons. The number of rotatable bonds is 8. The molecule has 0 atom stereocenters. The van der Waals surface area contributed by atoms with Crippen molar-refractivity contribution in [3.8, 4) is 11.5 Å². The highest BCUT2D eigenvalue weighted by molar-refractivity contribution is 8.45. The number of thioether (sulfide) groups is 2. The van der Waals surface area contributed by atoms with E-state index in [1.807, 2.05) is 66.7 Å². The number of carboxylic acid groups (broad SMARTS) is 1. The van der Waals surface area contributed by atoms with Gasteiger partial charge in [0.2, 0.25) is 5.12 Å². The van der Waals surface area contributed by atoms with Crippen molar-refractivity contribution in [2.45, 2.75) is 0 Å². The van der Waals surface area contributed by atoms with E-state index in [-0.39, 0.29) is 10.9 Å². The van der Waals surface area contributed by atoms with Crippen LogP contribution in [0.1, 0.15) is 5.56 Å². The summed E-state index contributed by atoms with van der Waals surface area (Å²) >= 11 is 2.02. The first kappa shape index (κ1) is 26.4. The average Bonchev–Trinajstić information content (AvgIpc) is 3.31. The van der Waals surface area contributed by atoms with Crippen molar-refractivity contribution in [3.63, 3.8) is 0 Å². The molecule has 0 aromatic heterocycles. The molecule has 0 unspecified atom stereocenters. The Hall–Kier alpha value is -4.21. The van der Waals surface area contributed by atoms with Gasteiger partial charge >= 0.3 is 5.97 Å². The van der Waals surface area contributed by atoms with Gasteiger partial charge < -0.3 is 19.5 Å². The Labute approximate surface area is 234 Å². The van der Waals surface area contributed by atoms with Gasteiger partial charge in [-0.15, -0.1) is 0 Å². The van der Waals surface area contributed by atoms with Crippen LogP contribution in [0.4, 0.5) is 17.1 Å². The predicted molar refractivity (Wildman–Crippen MR) is 160 cm³/mol. The Bertz CT molecular complexity index is 1550. The van der Waals surface area contributed by atoms with Gasteiger partial charge in [-0.05, 0) is 101 Å². The molecular weight excluding hydrogens is 532 g/mol. The van der Waals surface area contributed by atoms with Crippen LogP contribution in [-0.4, -0.2) is 40.5 Å². The second kappa shape index (κ2) is 11.7. The molecule has 196 valence electrons. The van der Waals surface area contributed by atoms with Gasteiger partial charge in [0, 0.05) is 17.1 Å². The number of hydrogen-bond donors (Lipinski definition) is 1. The fraction of sp³-hybridized carbons (Fsp3) is 0.100. The van der Waals surface area contributed by atoms with Crippen molar-refractivity contribution in [2.24, 2.45) is 4.99 Å². The van der Waals surface area contributed by atoms with Crippen molar-refractivity contribution in [3.05, 3.63) is 96.2 Å². The third-order valence-corrected chi connectivity index (χ3v) is 7.98. The minimum absolute atomic E-state index is 0.130. The summed E-state index contributed by atoms with van der Waals surface area (Å²) in [5.74, 6) is 0.489. The maximum absolute atomic E-state index is 12.4. The number of benzene rings is 4. The lowest BCUT2D eigenvalue weighted by Crippen LogP contribution is -2.09. The van der Waals surface area contributed by atoms with Crippen LogP contribution >= 0.6 is 23.5 Å². The number of carboxylic acids is 1. The van der Waals surface area contributed by atoms with Crippen molar-refractivity contribution in [1.29, 1.82) is 0 Å². The number of aliphatic carboxylic acids is 1. The number of ether oxygens (including phenoxy) is 2. The Balaban J connectivity index is 1.48. The molecule has 0 fully saturated rings. The zero-order valence-corrected chi connectivity index (χ0v) is 22.8. The fourth-order valence-corrected chi connectivity index (χ4v) is 5.68. The lowest BCUT2D eigenvalue weighted by atomic mass is 10.0. The van der Waals surface area contributed by atoms with Crippen LogP contribution < -0.4 is 14.4 Å². The SMILES string of the molecule is COc1ccc(N(c2ccc(OC)cc2)c2ccc3cc(/C=C4\N=C(SCC(=O)O)SC4=O)ccc3c2)cc1. The van der Waals surface area contributed by atoms with Gasteiger partial charge in [0.15, 0.2) is 0 Å². The standard InChI is InChI=1S/C30H24N2O5S2/c1-36-25-11-7-22(8-12-25)32(23-9-13-26(37-2)14-10-23)24-6-5-20-15-19(3-4-21(20)17-24)16-27-29(35)39-30(31-27)38-18-28(33)34/h3-17H,18H2,1-2H3,(H,33,34)/b27-16-. The van der Waals surface area contributed by atoms with Crippen LogP contribution in [0.25, 0.3) is 16.8 Å². The third kappa shape index (κ3) is 6.10. The van der Waals surface area contributed by atoms with Crippen LogP contribution in [0.3, 0.4) is 0 Å². The van der Waals surface area contributed by atoms with Crippen molar-refractivity contribution >= 4 is 72.9 Å². The van der Waals surface area contributed by atoms with E-state index in [1.54, 1.807) is 20.3 Å². The number of aliphatic imine (C=N–C) groups is 1. The summed E-state index contributed by atoms with van der Waals surface area (Å²) < 4.78 is 11.1. The van der Waals surface area contributed by atoms with E-state index < -0.39 is 5.97 Å². The first-order valence-electron chi connectivity index (χ1n) is 11.9. The minimum atomic E-state index is -0.945. The van der Waals surface area contributed by atoms with Gasteiger partial charge in [-0.2, -0.15) is 0 Å². The van der Waals surface area contributed by atoms with Crippen LogP contribution in [-0.2, 0) is 9.59 Å². The van der Waals surface area contributed by atoms with Crippen molar-refractivity contribution < 1.29 is 24.2 Å². The third-order valence-electron chi connectivity index (χ3n) is 5.99. The highest BCUT2D eigenvalue weighted by Gasteiger charge is 2.23. The molecule has 1 aliphatic heterocycles. The normalized spacial score (nSPS) is 13.9. The van der Waals surface area contributed by atoms with E-state index >= 15 is 0 Å². The molecule has 4 aromatic carbocycles. The molecule has 9 heteroatoms. The summed E-state index contributed by atoms with van der Waals surface area (Å²) in [6.45, 7) is 0. The molecule has 39 heavy (non-hydrogen) atoms. The van der Waals surface area contributed by atoms with E-state index in [9.17, 15) is 9.59 Å². The highest BCUT2D eigenvalue weighted by Crippen LogP contribution is 2.38. The van der Waals surface area contributed by atoms with Crippen LogP contribution in [0.2, 0.25) is 0 Å². The molecule has 1 aliphatic rings. The van der Waals surface area contributed by atoms with Crippen molar-refractivity contribution in [2.75, 3.05) is 24.9 Å². The van der Waals surface area contributed by atoms with Crippen molar-refractivity contribution in [1.82, 2.24) is 0 Å². The monoisotopic (exact) mass is 556 g/mol. The summed E-state index contributed by atoms with van der Waals surface area (Å²) in [6, 6.07) is 28.0. The quantitative estimate of drug-likeness (QED) is 0.230. The maximum Gasteiger partial charge on any atom is 0.313 e. The van der Waals surface area contributed by atoms with Crippen LogP contribution in [0, 0.1) is 0 Å². The summed E-state index contributed by atoms with van der Waals surface area (Å²) in [5, 5.41) is 10.7. The number of fused-ring (bicyclic) bond motifs is 1. The van der Waals surface area contributed by atoms with E-state index in [4.69, 9.17) is 14.6 Å². The van der Waals surface area contributed by atoms with Gasteiger partial charge in [0.05, 0.1) is 20.0 Å². The maximum atomic E-state index is 12.4. The summed E-state index contributed by atoms with van der Waals surface area (Å²) in [5.41, 5.74) is 4.10. The second-order valence-corrected chi connectivity index (χ2v) is 10.7. The predicted octanol–water partition coefficient (Wildman–Crippen LogP) is 7.11. The molecule has 5 rings (SSSR count). The molecule has 4 aromatic rings. The molecule has 1 heterocycles. The molecule has 0 saturated heterocycles. The summed E-state index contributed by atoms with van der Waals surface area (Å²) in [4.78, 5) is 29.7. The molecule has 0 amide bonds. The molecule has 1 N–H and O–H groups in total. The second-order valence-electron chi connectivity index (χ2n) is 8.50. The highest BCUT2D eigenvalue weighted by atomic mass is 32.2. The first-order valence-corrected chi connectivity index (χ1v) is 13.7. The van der Waals surface area contributed by atoms with Gasteiger partial charge in [-0.3, -0.25) is 9.59 Å². The Kier molecular flexibility index (Phi) is 7.90. The number of anilines is 3. The molecule has 0 bridgehead atoms. The van der Waals surface area contributed by atoms with Gasteiger partial charge in [-0.1, -0.05) is 30.0 Å². The van der Waals surface area contributed by atoms with Gasteiger partial charge in [0.1, 0.15) is 21.6 Å². The molecular formula is C30H24N2O5S2. The number of methoxy groups -OCH3 is 2. The topological polar surface area (TPSA) is 88.4 Å². The van der Waals surface area contributed by atoms with Gasteiger partial charge in [0.25, 0.3) is 0 Å². The lowest BCUT2D eigenvalue weighted by molar-refractivity contribution is -0.133. The molecule has 0 spiro atoms. The lowest BCUT2D eigenvalue weighted by Gasteiger charge is -2.26. The first-order chi connectivity index (χ1) is 18.9. The zero-order chi connectivity index (χ0) is 27.4. The number of carbonyl (C=O) groups is 2. The van der Waals surface area contributed by atoms with Crippen LogP contribution in [0.15, 0.2) is 95.6 Å². The number of nitrogens with zero attached hydrogens (tertiary/aromatic N) is 2. The van der Waals surface area contributed by atoms with Gasteiger partial charge in [-0.25, -0.2) is 4.99 Å². The molecule has 7 nitrogen and oxygen atoms in total. The van der Waals surface area contributed by atoms with E-state index in [0.29, 0.717) is 10.1 Å². The smallest absolute Gasteiger partial charge is 0.313 e. The largest absolute Gasteiger partial charge is 0.497 e. The fourth-order valence-electron chi connectivity index (χ4n) is 4.12. The minimum Gasteiger partial charge on any atom is -0.497 e. The average molecular weight is 557 g/mol. The molecule has 0 saturated carbocycles. The van der Waals surface area contributed by atoms with Crippen LogP contribution in [0.5, 0.6) is 11.5 Å². The summed E-state index contributed by atoms with van der Waals surface area (Å²) in [7, 11) is 3.30. The van der Waals surface area contributed by atoms with E-state index in [1.165, 1.54) is 0 Å². The number of carbonyl (C=O) groups excluding carboxylic acids is 1. The zero-order valence-electron chi connectivity index (χ0n) is 21.2. The summed E-state index contributed by atoms with van der Waals surface area (Å²) in [6.07, 6.45) is 1.73. The Morgan fingerprint density at radius 3 is 2.03 bits per heavy atom. The van der Waals surface area contributed by atoms with E-state index in [0.717, 1.165) is 68.4 Å².